The molecule has 0 aliphatic carbocycles. The number of nitrogens with one attached hydrogen (secondary N) is 1. The van der Waals surface area contributed by atoms with E-state index < -0.39 is 15.9 Å². The van der Waals surface area contributed by atoms with E-state index in [1.165, 1.54) is 0 Å². The van der Waals surface area contributed by atoms with Gasteiger partial charge in [-0.25, -0.2) is 8.42 Å². The van der Waals surface area contributed by atoms with Crippen LogP contribution in [-0.2, 0) is 9.84 Å². The minimum Gasteiger partial charge on any atom is -0.390 e. The minimum atomic E-state index is -2.82. The van der Waals surface area contributed by atoms with E-state index in [4.69, 9.17) is 0 Å². The van der Waals surface area contributed by atoms with E-state index in [9.17, 15) is 13.5 Å². The molecular formula is C10H22N2O3S. The van der Waals surface area contributed by atoms with Crippen LogP contribution in [0.4, 0.5) is 0 Å². The molecule has 1 heterocycles. The summed E-state index contributed by atoms with van der Waals surface area (Å²) >= 11 is 0. The number of nitrogens with zero attached hydrogens (tertiary/aromatic N) is 1. The zero-order valence-electron chi connectivity index (χ0n) is 10.0. The Labute approximate surface area is 97.7 Å². The second-order valence-electron chi connectivity index (χ2n) is 4.67. The molecule has 96 valence electrons. The Morgan fingerprint density at radius 2 is 1.88 bits per heavy atom. The zero-order valence-corrected chi connectivity index (χ0v) is 10.8. The van der Waals surface area contributed by atoms with E-state index in [0.717, 1.165) is 0 Å². The van der Waals surface area contributed by atoms with Gasteiger partial charge in [0.05, 0.1) is 17.6 Å². The third-order valence-electron chi connectivity index (χ3n) is 2.67. The van der Waals surface area contributed by atoms with Crippen molar-refractivity contribution < 1.29 is 13.5 Å². The number of hydrogen-bond acceptors (Lipinski definition) is 5. The molecule has 0 aromatic carbocycles. The third kappa shape index (κ3) is 5.25. The van der Waals surface area contributed by atoms with Crippen molar-refractivity contribution in [1.29, 1.82) is 0 Å². The lowest BCUT2D eigenvalue weighted by atomic mass is 10.3. The number of aliphatic hydroxyl groups excluding tert-OH is 1. The summed E-state index contributed by atoms with van der Waals surface area (Å²) in [5.74, 6) is 0.439. The molecule has 0 radical (unpaired) electrons. The van der Waals surface area contributed by atoms with E-state index in [0.29, 0.717) is 32.2 Å². The van der Waals surface area contributed by atoms with Gasteiger partial charge in [-0.3, -0.25) is 4.90 Å². The monoisotopic (exact) mass is 250 g/mol. The van der Waals surface area contributed by atoms with Gasteiger partial charge in [0.1, 0.15) is 0 Å². The van der Waals surface area contributed by atoms with E-state index in [-0.39, 0.29) is 11.5 Å². The summed E-state index contributed by atoms with van der Waals surface area (Å²) in [6.45, 7) is 6.25. The van der Waals surface area contributed by atoms with Gasteiger partial charge in [-0.1, -0.05) is 13.8 Å². The molecule has 2 N–H and O–H groups in total. The largest absolute Gasteiger partial charge is 0.390 e. The lowest BCUT2D eigenvalue weighted by molar-refractivity contribution is 0.114. The zero-order chi connectivity index (χ0) is 12.2. The second kappa shape index (κ2) is 5.95. The van der Waals surface area contributed by atoms with Gasteiger partial charge in [0.2, 0.25) is 0 Å². The molecular weight excluding hydrogens is 228 g/mol. The molecule has 5 nitrogen and oxygen atoms in total. The highest BCUT2D eigenvalue weighted by Crippen LogP contribution is 2.04. The third-order valence-corrected chi connectivity index (χ3v) is 4.28. The predicted octanol–water partition coefficient (Wildman–Crippen LogP) is -0.924. The molecule has 1 saturated heterocycles. The number of aliphatic hydroxyl groups is 1. The summed E-state index contributed by atoms with van der Waals surface area (Å²) in [6, 6.07) is 0.358. The summed E-state index contributed by atoms with van der Waals surface area (Å²) < 4.78 is 22.4. The van der Waals surface area contributed by atoms with Crippen LogP contribution in [0.15, 0.2) is 0 Å². The van der Waals surface area contributed by atoms with Crippen LogP contribution in [-0.4, -0.2) is 68.3 Å². The van der Waals surface area contributed by atoms with Crippen LogP contribution < -0.4 is 5.32 Å². The van der Waals surface area contributed by atoms with Crippen molar-refractivity contribution in [1.82, 2.24) is 10.2 Å². The van der Waals surface area contributed by atoms with Crippen LogP contribution in [0.5, 0.6) is 0 Å². The highest BCUT2D eigenvalue weighted by Gasteiger charge is 2.22. The smallest absolute Gasteiger partial charge is 0.152 e. The van der Waals surface area contributed by atoms with Crippen molar-refractivity contribution >= 4 is 9.84 Å². The van der Waals surface area contributed by atoms with Gasteiger partial charge < -0.3 is 10.4 Å². The first kappa shape index (κ1) is 13.9. The van der Waals surface area contributed by atoms with Crippen LogP contribution in [0, 0.1) is 0 Å². The molecule has 0 amide bonds. The Kier molecular flexibility index (Phi) is 5.17. The van der Waals surface area contributed by atoms with Crippen molar-refractivity contribution in [3.63, 3.8) is 0 Å². The average molecular weight is 250 g/mol. The number of rotatable bonds is 5. The number of sulfone groups is 1. The fourth-order valence-corrected chi connectivity index (χ4v) is 2.94. The van der Waals surface area contributed by atoms with E-state index >= 15 is 0 Å². The Balaban J connectivity index is 2.23. The first-order valence-corrected chi connectivity index (χ1v) is 7.55. The highest BCUT2D eigenvalue weighted by atomic mass is 32.2. The van der Waals surface area contributed by atoms with Gasteiger partial charge in [-0.2, -0.15) is 0 Å². The maximum absolute atomic E-state index is 11.2. The van der Waals surface area contributed by atoms with Gasteiger partial charge in [0.25, 0.3) is 0 Å². The molecule has 0 bridgehead atoms. The molecule has 0 saturated carbocycles. The van der Waals surface area contributed by atoms with Crippen LogP contribution in [0.2, 0.25) is 0 Å². The first-order valence-electron chi connectivity index (χ1n) is 5.73. The van der Waals surface area contributed by atoms with Crippen LogP contribution in [0.3, 0.4) is 0 Å². The Morgan fingerprint density at radius 1 is 1.31 bits per heavy atom. The summed E-state index contributed by atoms with van der Waals surface area (Å²) in [5.41, 5.74) is 0. The second-order valence-corrected chi connectivity index (χ2v) is 6.97. The minimum absolute atomic E-state index is 0.220. The molecule has 1 rings (SSSR count). The van der Waals surface area contributed by atoms with Crippen molar-refractivity contribution in [2.24, 2.45) is 0 Å². The molecule has 1 unspecified atom stereocenters. The molecule has 16 heavy (non-hydrogen) atoms. The molecule has 0 aromatic heterocycles. The van der Waals surface area contributed by atoms with Crippen molar-refractivity contribution in [2.75, 3.05) is 37.7 Å². The lowest BCUT2D eigenvalue weighted by Crippen LogP contribution is -2.46. The highest BCUT2D eigenvalue weighted by molar-refractivity contribution is 7.91. The Morgan fingerprint density at radius 3 is 2.38 bits per heavy atom. The quantitative estimate of drug-likeness (QED) is 0.660. The lowest BCUT2D eigenvalue weighted by Gasteiger charge is -2.28. The van der Waals surface area contributed by atoms with Crippen LogP contribution >= 0.6 is 0 Å². The fraction of sp³-hybridized carbons (Fsp3) is 1.00. The van der Waals surface area contributed by atoms with Gasteiger partial charge in [0, 0.05) is 32.2 Å². The standard InChI is InChI=1S/C10H22N2O3S/c1-9(2)11-7-10(13)8-12-3-5-16(14,15)6-4-12/h9-11,13H,3-8H2,1-2H3. The van der Waals surface area contributed by atoms with Crippen molar-refractivity contribution in [3.05, 3.63) is 0 Å². The first-order chi connectivity index (χ1) is 7.39. The van der Waals surface area contributed by atoms with Gasteiger partial charge in [-0.05, 0) is 0 Å². The van der Waals surface area contributed by atoms with Crippen LogP contribution in [0.1, 0.15) is 13.8 Å². The van der Waals surface area contributed by atoms with E-state index in [2.05, 4.69) is 5.32 Å². The predicted molar refractivity (Wildman–Crippen MR) is 64.2 cm³/mol. The molecule has 1 aliphatic rings. The normalized spacial score (nSPS) is 23.5. The average Bonchev–Trinajstić information content (AvgIpc) is 2.18. The SMILES string of the molecule is CC(C)NCC(O)CN1CCS(=O)(=O)CC1. The molecule has 1 aliphatic heterocycles. The molecule has 6 heteroatoms. The Bertz CT molecular complexity index is 289. The topological polar surface area (TPSA) is 69.6 Å². The number of hydrogen-bond donors (Lipinski definition) is 2. The summed E-state index contributed by atoms with van der Waals surface area (Å²) in [4.78, 5) is 2.01. The molecule has 0 spiro atoms. The molecule has 1 fully saturated rings. The van der Waals surface area contributed by atoms with Crippen LogP contribution in [0.25, 0.3) is 0 Å². The Hall–Kier alpha value is -0.170. The summed E-state index contributed by atoms with van der Waals surface area (Å²) in [7, 11) is -2.82. The maximum Gasteiger partial charge on any atom is 0.152 e. The fourth-order valence-electron chi connectivity index (χ4n) is 1.67. The summed E-state index contributed by atoms with van der Waals surface area (Å²) in [5, 5.41) is 12.9. The van der Waals surface area contributed by atoms with Gasteiger partial charge in [-0.15, -0.1) is 0 Å². The van der Waals surface area contributed by atoms with E-state index in [1.807, 2.05) is 18.7 Å². The summed E-state index contributed by atoms with van der Waals surface area (Å²) in [6.07, 6.45) is -0.428. The number of β-amino-alcohol motifs (C(OH)–C–C–N with tert-alkyl or cyclic N) is 1. The van der Waals surface area contributed by atoms with Gasteiger partial charge in [0.15, 0.2) is 9.84 Å². The van der Waals surface area contributed by atoms with Crippen molar-refractivity contribution in [3.8, 4) is 0 Å². The molecule has 1 atom stereocenters. The van der Waals surface area contributed by atoms with Crippen molar-refractivity contribution in [2.45, 2.75) is 26.0 Å². The van der Waals surface area contributed by atoms with E-state index in [1.54, 1.807) is 0 Å². The molecule has 0 aromatic rings. The van der Waals surface area contributed by atoms with Gasteiger partial charge >= 0.3 is 0 Å². The maximum atomic E-state index is 11.2.